The first-order chi connectivity index (χ1) is 10.1. The zero-order valence-corrected chi connectivity index (χ0v) is 11.2. The molecule has 1 aromatic heterocycles. The lowest BCUT2D eigenvalue weighted by Gasteiger charge is -2.39. The number of aromatic nitrogens is 1. The Morgan fingerprint density at radius 3 is 2.36 bits per heavy atom. The van der Waals surface area contributed by atoms with Crippen molar-refractivity contribution < 1.29 is 31.1 Å². The van der Waals surface area contributed by atoms with E-state index in [0.29, 0.717) is 11.8 Å². The maximum absolute atomic E-state index is 12.6. The number of carbonyl (C=O) groups excluding carboxylic acids is 1. The Morgan fingerprint density at radius 1 is 1.18 bits per heavy atom. The van der Waals surface area contributed by atoms with Gasteiger partial charge in [0.1, 0.15) is 0 Å². The number of rotatable bonds is 3. The van der Waals surface area contributed by atoms with Gasteiger partial charge in [-0.05, 0) is 11.6 Å². The highest BCUT2D eigenvalue weighted by molar-refractivity contribution is 5.77. The molecule has 0 unspecified atom stereocenters. The third-order valence-electron chi connectivity index (χ3n) is 3.41. The summed E-state index contributed by atoms with van der Waals surface area (Å²) in [6, 6.07) is 0.954. The molecule has 3 nitrogen and oxygen atoms in total. The molecule has 0 aromatic carbocycles. The minimum atomic E-state index is -4.50. The first kappa shape index (κ1) is 16.6. The fourth-order valence-electron chi connectivity index (χ4n) is 2.14. The lowest BCUT2D eigenvalue weighted by Crippen LogP contribution is -2.48. The van der Waals surface area contributed by atoms with Gasteiger partial charge in [0.25, 0.3) is 0 Å². The Hall–Kier alpha value is -1.80. The molecule has 0 radical (unpaired) electrons. The summed E-state index contributed by atoms with van der Waals surface area (Å²) in [6.07, 6.45) is -8.76. The maximum atomic E-state index is 12.6. The number of alkyl halides is 6. The van der Waals surface area contributed by atoms with Crippen LogP contribution < -0.4 is 0 Å². The van der Waals surface area contributed by atoms with E-state index in [1.54, 1.807) is 0 Å². The third-order valence-corrected chi connectivity index (χ3v) is 3.41. The summed E-state index contributed by atoms with van der Waals surface area (Å²) in [7, 11) is 0. The van der Waals surface area contributed by atoms with Gasteiger partial charge in [-0.3, -0.25) is 9.78 Å². The molecule has 1 amide bonds. The van der Waals surface area contributed by atoms with Crippen LogP contribution in [-0.2, 0) is 11.0 Å². The highest BCUT2D eigenvalue weighted by Gasteiger charge is 2.36. The van der Waals surface area contributed by atoms with Crippen LogP contribution in [0.1, 0.15) is 29.9 Å². The Labute approximate surface area is 121 Å². The predicted octanol–water partition coefficient (Wildman–Crippen LogP) is 3.37. The maximum Gasteiger partial charge on any atom is 0.417 e. The molecule has 0 bridgehead atoms. The predicted molar refractivity (Wildman–Crippen MR) is 63.8 cm³/mol. The molecular weight excluding hydrogens is 314 g/mol. The van der Waals surface area contributed by atoms with E-state index in [0.717, 1.165) is 6.07 Å². The summed E-state index contributed by atoms with van der Waals surface area (Å²) in [5.74, 6) is -0.974. The Balaban J connectivity index is 1.90. The van der Waals surface area contributed by atoms with E-state index in [-0.39, 0.29) is 19.0 Å². The van der Waals surface area contributed by atoms with Crippen molar-refractivity contribution in [3.63, 3.8) is 0 Å². The van der Waals surface area contributed by atoms with Crippen LogP contribution in [0.4, 0.5) is 26.3 Å². The third kappa shape index (κ3) is 4.11. The minimum absolute atomic E-state index is 0.111. The molecule has 2 rings (SSSR count). The summed E-state index contributed by atoms with van der Waals surface area (Å²) in [5.41, 5.74) is -0.554. The molecule has 22 heavy (non-hydrogen) atoms. The van der Waals surface area contributed by atoms with Crippen molar-refractivity contribution in [1.82, 2.24) is 9.88 Å². The monoisotopic (exact) mass is 326 g/mol. The number of halogens is 6. The van der Waals surface area contributed by atoms with Crippen molar-refractivity contribution in [3.8, 4) is 0 Å². The molecule has 9 heteroatoms. The molecular formula is C13H12F6N2O. The second-order valence-electron chi connectivity index (χ2n) is 5.12. The van der Waals surface area contributed by atoms with Crippen LogP contribution in [0.2, 0.25) is 0 Å². The van der Waals surface area contributed by atoms with E-state index in [4.69, 9.17) is 0 Å². The molecule has 0 aliphatic carbocycles. The van der Waals surface area contributed by atoms with Gasteiger partial charge in [0.05, 0.1) is 12.0 Å². The van der Waals surface area contributed by atoms with Gasteiger partial charge < -0.3 is 4.90 Å². The number of nitrogens with zero attached hydrogens (tertiary/aromatic N) is 2. The van der Waals surface area contributed by atoms with Crippen molar-refractivity contribution in [2.24, 2.45) is 0 Å². The molecule has 0 saturated carbocycles. The minimum Gasteiger partial charge on any atom is -0.341 e. The number of hydrogen-bond acceptors (Lipinski definition) is 2. The van der Waals surface area contributed by atoms with Crippen LogP contribution in [0.5, 0.6) is 0 Å². The van der Waals surface area contributed by atoms with Gasteiger partial charge >= 0.3 is 12.4 Å². The lowest BCUT2D eigenvalue weighted by atomic mass is 9.91. The average molecular weight is 326 g/mol. The van der Waals surface area contributed by atoms with Gasteiger partial charge in [-0.15, -0.1) is 0 Å². The number of pyridine rings is 1. The second-order valence-corrected chi connectivity index (χ2v) is 5.12. The van der Waals surface area contributed by atoms with Crippen LogP contribution in [0.3, 0.4) is 0 Å². The molecule has 0 spiro atoms. The summed E-state index contributed by atoms with van der Waals surface area (Å²) < 4.78 is 73.7. The Bertz CT molecular complexity index is 548. The first-order valence-electron chi connectivity index (χ1n) is 6.43. The van der Waals surface area contributed by atoms with Crippen molar-refractivity contribution in [2.45, 2.75) is 31.1 Å². The quantitative estimate of drug-likeness (QED) is 0.798. The summed E-state index contributed by atoms with van der Waals surface area (Å²) in [4.78, 5) is 16.2. The summed E-state index contributed by atoms with van der Waals surface area (Å²) in [5, 5.41) is 0. The van der Waals surface area contributed by atoms with E-state index < -0.39 is 36.7 Å². The fraction of sp³-hybridized carbons (Fsp3) is 0.538. The van der Waals surface area contributed by atoms with Gasteiger partial charge in [-0.25, -0.2) is 0 Å². The molecule has 0 atom stereocenters. The topological polar surface area (TPSA) is 33.2 Å². The smallest absolute Gasteiger partial charge is 0.341 e. The van der Waals surface area contributed by atoms with Gasteiger partial charge in [-0.2, -0.15) is 26.3 Å². The van der Waals surface area contributed by atoms with Crippen LogP contribution in [0.25, 0.3) is 0 Å². The molecule has 0 N–H and O–H groups in total. The summed E-state index contributed by atoms with van der Waals surface area (Å²) in [6.45, 7) is 0.222. The number of carbonyl (C=O) groups is 1. The number of amides is 1. The average Bonchev–Trinajstić information content (AvgIpc) is 2.33. The second kappa shape index (κ2) is 5.77. The molecule has 122 valence electrons. The van der Waals surface area contributed by atoms with E-state index in [2.05, 4.69) is 4.98 Å². The van der Waals surface area contributed by atoms with E-state index in [1.807, 2.05) is 0 Å². The molecule has 1 saturated heterocycles. The molecule has 1 fully saturated rings. The standard InChI is InChI=1S/C13H12F6N2O/c14-12(15,16)2-1-11(22)21-6-9(7-21)8-3-10(5-20-4-8)13(17,18)19/h3-5,9H,1-2,6-7H2. The van der Waals surface area contributed by atoms with Gasteiger partial charge in [0, 0.05) is 37.8 Å². The van der Waals surface area contributed by atoms with Gasteiger partial charge in [0.15, 0.2) is 0 Å². The van der Waals surface area contributed by atoms with Crippen LogP contribution in [-0.4, -0.2) is 35.1 Å². The van der Waals surface area contributed by atoms with E-state index >= 15 is 0 Å². The van der Waals surface area contributed by atoms with Crippen molar-refractivity contribution in [2.75, 3.05) is 13.1 Å². The van der Waals surface area contributed by atoms with Crippen molar-refractivity contribution >= 4 is 5.91 Å². The largest absolute Gasteiger partial charge is 0.417 e. The summed E-state index contributed by atoms with van der Waals surface area (Å²) >= 11 is 0. The van der Waals surface area contributed by atoms with Gasteiger partial charge in [0.2, 0.25) is 5.91 Å². The van der Waals surface area contributed by atoms with Gasteiger partial charge in [-0.1, -0.05) is 0 Å². The highest BCUT2D eigenvalue weighted by Crippen LogP contribution is 2.33. The molecule has 1 aliphatic heterocycles. The normalized spacial score (nSPS) is 16.5. The Kier molecular flexibility index (Phi) is 4.35. The Morgan fingerprint density at radius 2 is 1.82 bits per heavy atom. The van der Waals surface area contributed by atoms with Crippen molar-refractivity contribution in [1.29, 1.82) is 0 Å². The van der Waals surface area contributed by atoms with Crippen LogP contribution in [0.15, 0.2) is 18.5 Å². The number of likely N-dealkylation sites (tertiary alicyclic amines) is 1. The lowest BCUT2D eigenvalue weighted by molar-refractivity contribution is -0.151. The fourth-order valence-corrected chi connectivity index (χ4v) is 2.14. The number of hydrogen-bond donors (Lipinski definition) is 0. The zero-order valence-electron chi connectivity index (χ0n) is 11.2. The molecule has 1 aromatic rings. The van der Waals surface area contributed by atoms with Crippen molar-refractivity contribution in [3.05, 3.63) is 29.6 Å². The van der Waals surface area contributed by atoms with Crippen LogP contribution in [0, 0.1) is 0 Å². The highest BCUT2D eigenvalue weighted by atomic mass is 19.4. The SMILES string of the molecule is O=C(CCC(F)(F)F)N1CC(c2cncc(C(F)(F)F)c2)C1. The molecule has 2 heterocycles. The zero-order chi connectivity index (χ0) is 16.5. The first-order valence-corrected chi connectivity index (χ1v) is 6.43. The molecule has 1 aliphatic rings. The van der Waals surface area contributed by atoms with E-state index in [1.165, 1.54) is 11.1 Å². The van der Waals surface area contributed by atoms with Crippen LogP contribution >= 0.6 is 0 Å². The van der Waals surface area contributed by atoms with E-state index in [9.17, 15) is 31.1 Å².